The van der Waals surface area contributed by atoms with Gasteiger partial charge in [0, 0.05) is 16.1 Å². The summed E-state index contributed by atoms with van der Waals surface area (Å²) in [6.07, 6.45) is 0. The highest BCUT2D eigenvalue weighted by Gasteiger charge is 2.30. The van der Waals surface area contributed by atoms with Gasteiger partial charge in [0.2, 0.25) is 0 Å². The van der Waals surface area contributed by atoms with E-state index in [-0.39, 0.29) is 4.90 Å². The summed E-state index contributed by atoms with van der Waals surface area (Å²) in [5.74, 6) is 0. The number of hydrogen-bond acceptors (Lipinski definition) is 4. The minimum Gasteiger partial charge on any atom is -0.206 e. The first kappa shape index (κ1) is 12.3. The van der Waals surface area contributed by atoms with E-state index in [0.29, 0.717) is 10.8 Å². The molecule has 0 atom stereocenters. The predicted octanol–water partition coefficient (Wildman–Crippen LogP) is 2.10. The van der Waals surface area contributed by atoms with Gasteiger partial charge in [0.05, 0.1) is 4.90 Å². The van der Waals surface area contributed by atoms with Gasteiger partial charge in [0.1, 0.15) is 0 Å². The SMILES string of the molecule is O=S(=O)(Cl)S(=O)(=O)c1cccc2ccccc12. The van der Waals surface area contributed by atoms with Gasteiger partial charge in [0.15, 0.2) is 0 Å². The lowest BCUT2D eigenvalue weighted by molar-refractivity contribution is 0.590. The summed E-state index contributed by atoms with van der Waals surface area (Å²) in [6.45, 7) is 0. The number of fused-ring (bicyclic) bond motifs is 1. The first-order valence-corrected chi connectivity index (χ1v) is 8.82. The molecule has 0 saturated heterocycles. The Morgan fingerprint density at radius 3 is 2.06 bits per heavy atom. The largest absolute Gasteiger partial charge is 0.342 e. The normalized spacial score (nSPS) is 12.8. The molecule has 0 aromatic heterocycles. The van der Waals surface area contributed by atoms with Crippen LogP contribution < -0.4 is 0 Å². The van der Waals surface area contributed by atoms with E-state index in [0.717, 1.165) is 0 Å². The van der Waals surface area contributed by atoms with Gasteiger partial charge in [-0.3, -0.25) is 0 Å². The lowest BCUT2D eigenvalue weighted by Gasteiger charge is -2.04. The maximum absolute atomic E-state index is 11.7. The molecule has 0 aliphatic carbocycles. The first-order chi connectivity index (χ1) is 7.84. The average Bonchev–Trinajstić information content (AvgIpc) is 2.26. The van der Waals surface area contributed by atoms with E-state index < -0.39 is 17.0 Å². The Bertz CT molecular complexity index is 774. The molecule has 4 nitrogen and oxygen atoms in total. The van der Waals surface area contributed by atoms with Crippen molar-refractivity contribution in [1.82, 2.24) is 0 Å². The number of halogens is 1. The van der Waals surface area contributed by atoms with Gasteiger partial charge in [-0.1, -0.05) is 36.4 Å². The molecule has 0 radical (unpaired) electrons. The van der Waals surface area contributed by atoms with Gasteiger partial charge in [0.25, 0.3) is 8.87 Å². The van der Waals surface area contributed by atoms with E-state index in [1.54, 1.807) is 24.3 Å². The van der Waals surface area contributed by atoms with Crippen molar-refractivity contribution < 1.29 is 16.8 Å². The van der Waals surface area contributed by atoms with Crippen LogP contribution in [0.4, 0.5) is 0 Å². The second-order valence-corrected chi connectivity index (χ2v) is 9.86. The molecule has 7 heteroatoms. The van der Waals surface area contributed by atoms with Gasteiger partial charge >= 0.3 is 8.08 Å². The molecule has 2 aromatic carbocycles. The number of hydrogen-bond donors (Lipinski definition) is 0. The maximum Gasteiger partial charge on any atom is 0.342 e. The minimum atomic E-state index is -4.70. The fraction of sp³-hybridized carbons (Fsp3) is 0. The Kier molecular flexibility index (Phi) is 2.89. The van der Waals surface area contributed by atoms with Crippen molar-refractivity contribution >= 4 is 38.4 Å². The molecular formula is C10H7ClO4S2. The van der Waals surface area contributed by atoms with E-state index in [1.165, 1.54) is 18.2 Å². The Labute approximate surface area is 103 Å². The monoisotopic (exact) mass is 290 g/mol. The van der Waals surface area contributed by atoms with E-state index in [4.69, 9.17) is 10.7 Å². The summed E-state index contributed by atoms with van der Waals surface area (Å²) in [5.41, 5.74) is 0. The second-order valence-electron chi connectivity index (χ2n) is 3.32. The zero-order valence-electron chi connectivity index (χ0n) is 8.37. The van der Waals surface area contributed by atoms with Crippen molar-refractivity contribution in [3.05, 3.63) is 42.5 Å². The fourth-order valence-corrected chi connectivity index (χ4v) is 4.13. The van der Waals surface area contributed by atoms with Gasteiger partial charge in [-0.2, -0.15) is 8.42 Å². The molecule has 17 heavy (non-hydrogen) atoms. The molecule has 0 aliphatic rings. The molecule has 0 bridgehead atoms. The maximum atomic E-state index is 11.7. The second kappa shape index (κ2) is 3.97. The van der Waals surface area contributed by atoms with Crippen molar-refractivity contribution in [3.8, 4) is 0 Å². The van der Waals surface area contributed by atoms with Crippen molar-refractivity contribution in [1.29, 1.82) is 0 Å². The molecule has 2 aromatic rings. The lowest BCUT2D eigenvalue weighted by atomic mass is 10.1. The third-order valence-corrected chi connectivity index (χ3v) is 7.30. The van der Waals surface area contributed by atoms with E-state index in [9.17, 15) is 16.8 Å². The molecule has 0 unspecified atom stereocenters. The summed E-state index contributed by atoms with van der Waals surface area (Å²) < 4.78 is 45.6. The molecule has 2 rings (SSSR count). The van der Waals surface area contributed by atoms with Crippen LogP contribution in [0.5, 0.6) is 0 Å². The Balaban J connectivity index is 2.91. The van der Waals surface area contributed by atoms with Crippen LogP contribution in [0.1, 0.15) is 0 Å². The van der Waals surface area contributed by atoms with Crippen LogP contribution in [0.3, 0.4) is 0 Å². The van der Waals surface area contributed by atoms with Crippen molar-refractivity contribution in [2.24, 2.45) is 0 Å². The zero-order chi connectivity index (χ0) is 12.7. The first-order valence-electron chi connectivity index (χ1n) is 4.51. The highest BCUT2D eigenvalue weighted by Crippen LogP contribution is 2.27. The molecule has 0 heterocycles. The number of rotatable bonds is 2. The topological polar surface area (TPSA) is 68.3 Å². The van der Waals surface area contributed by atoms with Crippen LogP contribution in [-0.2, 0) is 17.0 Å². The highest BCUT2D eigenvalue weighted by atomic mass is 35.8. The van der Waals surface area contributed by atoms with Crippen molar-refractivity contribution in [2.45, 2.75) is 4.90 Å². The van der Waals surface area contributed by atoms with Gasteiger partial charge in [-0.05, 0) is 11.5 Å². The van der Waals surface area contributed by atoms with Crippen LogP contribution in [-0.4, -0.2) is 16.8 Å². The fourth-order valence-electron chi connectivity index (χ4n) is 1.52. The molecule has 0 spiro atoms. The molecule has 0 amide bonds. The highest BCUT2D eigenvalue weighted by molar-refractivity contribution is 8.75. The van der Waals surface area contributed by atoms with Crippen LogP contribution in [0.2, 0.25) is 0 Å². The molecule has 0 fully saturated rings. The quantitative estimate of drug-likeness (QED) is 0.627. The van der Waals surface area contributed by atoms with E-state index >= 15 is 0 Å². The van der Waals surface area contributed by atoms with Crippen LogP contribution in [0.15, 0.2) is 47.4 Å². The molecule has 0 N–H and O–H groups in total. The summed E-state index contributed by atoms with van der Waals surface area (Å²) in [6, 6.07) is 11.0. The van der Waals surface area contributed by atoms with Gasteiger partial charge < -0.3 is 0 Å². The summed E-state index contributed by atoms with van der Waals surface area (Å²) in [7, 11) is -4.32. The molecule has 0 aliphatic heterocycles. The van der Waals surface area contributed by atoms with Crippen molar-refractivity contribution in [2.75, 3.05) is 0 Å². The Hall–Kier alpha value is -1.11. The predicted molar refractivity (Wildman–Crippen MR) is 65.9 cm³/mol. The van der Waals surface area contributed by atoms with Crippen molar-refractivity contribution in [3.63, 3.8) is 0 Å². The third-order valence-electron chi connectivity index (χ3n) is 2.28. The Morgan fingerprint density at radius 2 is 1.41 bits per heavy atom. The molecule has 90 valence electrons. The summed E-state index contributed by atoms with van der Waals surface area (Å²) >= 11 is 0. The number of benzene rings is 2. The Morgan fingerprint density at radius 1 is 0.824 bits per heavy atom. The van der Waals surface area contributed by atoms with Gasteiger partial charge in [-0.25, -0.2) is 8.42 Å². The molecule has 0 saturated carbocycles. The average molecular weight is 291 g/mol. The third kappa shape index (κ3) is 2.03. The summed E-state index contributed by atoms with van der Waals surface area (Å²) in [4.78, 5) is -0.300. The standard InChI is InChI=1S/C10H7ClO4S2/c11-17(14,15)16(12,13)10-7-3-5-8-4-1-2-6-9(8)10/h1-7H. The van der Waals surface area contributed by atoms with E-state index in [2.05, 4.69) is 0 Å². The zero-order valence-corrected chi connectivity index (χ0v) is 10.8. The van der Waals surface area contributed by atoms with Crippen LogP contribution in [0, 0.1) is 0 Å². The lowest BCUT2D eigenvalue weighted by Crippen LogP contribution is -2.09. The summed E-state index contributed by atoms with van der Waals surface area (Å²) in [5, 5.41) is 0.966. The van der Waals surface area contributed by atoms with Gasteiger partial charge in [-0.15, -0.1) is 0 Å². The smallest absolute Gasteiger partial charge is 0.206 e. The van der Waals surface area contributed by atoms with Crippen LogP contribution in [0.25, 0.3) is 10.8 Å². The minimum absolute atomic E-state index is 0.300. The van der Waals surface area contributed by atoms with E-state index in [1.807, 2.05) is 0 Å². The molecular weight excluding hydrogens is 284 g/mol. The van der Waals surface area contributed by atoms with Crippen LogP contribution >= 0.6 is 10.7 Å².